The van der Waals surface area contributed by atoms with Gasteiger partial charge in [0.25, 0.3) is 5.91 Å². The summed E-state index contributed by atoms with van der Waals surface area (Å²) >= 11 is 0. The molecule has 4 aliphatic rings. The first kappa shape index (κ1) is 23.6. The average Bonchev–Trinajstić information content (AvgIpc) is 3.70. The van der Waals surface area contributed by atoms with Crippen LogP contribution in [0.4, 0.5) is 4.39 Å². The van der Waals surface area contributed by atoms with Crippen molar-refractivity contribution in [1.29, 1.82) is 0 Å². The molecule has 1 saturated carbocycles. The Balaban J connectivity index is 1.23. The van der Waals surface area contributed by atoms with Gasteiger partial charge >= 0.3 is 0 Å². The number of hydrogen-bond acceptors (Lipinski definition) is 7. The molecule has 3 aliphatic heterocycles. The zero-order valence-electron chi connectivity index (χ0n) is 21.0. The highest BCUT2D eigenvalue weighted by Gasteiger charge is 2.44. The number of hydrazone groups is 1. The number of nitrogens with zero attached hydrogens (tertiary/aromatic N) is 2. The maximum absolute atomic E-state index is 14.1. The number of rotatable bonds is 5. The predicted octanol–water partition coefficient (Wildman–Crippen LogP) is 5.49. The van der Waals surface area contributed by atoms with Gasteiger partial charge in [-0.3, -0.25) is 4.79 Å². The van der Waals surface area contributed by atoms with E-state index in [4.69, 9.17) is 28.8 Å². The second-order valence-electron chi connectivity index (χ2n) is 9.78. The Morgan fingerprint density at radius 3 is 2.54 bits per heavy atom. The third-order valence-electron chi connectivity index (χ3n) is 7.42. The number of ether oxygens (including phenoxy) is 5. The van der Waals surface area contributed by atoms with Crippen LogP contribution in [0.15, 0.2) is 71.3 Å². The predicted molar refractivity (Wildman–Crippen MR) is 139 cm³/mol. The molecule has 0 saturated heterocycles. The number of allylic oxidation sites excluding steroid dienone is 1. The first-order valence-corrected chi connectivity index (χ1v) is 12.9. The minimum atomic E-state index is -0.520. The molecule has 9 heteroatoms. The Kier molecular flexibility index (Phi) is 5.83. The minimum Gasteiger partial charge on any atom is -0.481 e. The summed E-state index contributed by atoms with van der Waals surface area (Å²) in [6.45, 7) is 0.0379. The Labute approximate surface area is 224 Å². The van der Waals surface area contributed by atoms with Gasteiger partial charge in [-0.2, -0.15) is 5.10 Å². The van der Waals surface area contributed by atoms with E-state index in [1.807, 2.05) is 36.4 Å². The maximum atomic E-state index is 14.1. The topological polar surface area (TPSA) is 78.8 Å². The van der Waals surface area contributed by atoms with Crippen LogP contribution >= 0.6 is 0 Å². The summed E-state index contributed by atoms with van der Waals surface area (Å²) < 4.78 is 41.8. The molecule has 1 fully saturated rings. The van der Waals surface area contributed by atoms with E-state index in [-0.39, 0.29) is 43.8 Å². The van der Waals surface area contributed by atoms with Gasteiger partial charge in [-0.25, -0.2) is 9.40 Å². The largest absolute Gasteiger partial charge is 0.481 e. The van der Waals surface area contributed by atoms with Gasteiger partial charge in [0.15, 0.2) is 41.2 Å². The second-order valence-corrected chi connectivity index (χ2v) is 9.78. The van der Waals surface area contributed by atoms with Crippen LogP contribution in [0.25, 0.3) is 6.08 Å². The molecule has 1 amide bonds. The van der Waals surface area contributed by atoms with Crippen molar-refractivity contribution in [1.82, 2.24) is 5.01 Å². The van der Waals surface area contributed by atoms with Crippen LogP contribution in [0.1, 0.15) is 36.4 Å². The van der Waals surface area contributed by atoms with E-state index in [1.165, 1.54) is 17.1 Å². The molecular weight excluding hydrogens is 503 g/mol. The lowest BCUT2D eigenvalue weighted by molar-refractivity contribution is -0.135. The fourth-order valence-electron chi connectivity index (χ4n) is 5.61. The molecule has 8 nitrogen and oxygen atoms in total. The van der Waals surface area contributed by atoms with Crippen LogP contribution in [0, 0.1) is 11.7 Å². The van der Waals surface area contributed by atoms with Crippen molar-refractivity contribution in [2.45, 2.75) is 25.3 Å². The Morgan fingerprint density at radius 2 is 1.72 bits per heavy atom. The highest BCUT2D eigenvalue weighted by atomic mass is 19.1. The molecule has 3 heterocycles. The highest BCUT2D eigenvalue weighted by molar-refractivity contribution is 6.08. The van der Waals surface area contributed by atoms with Gasteiger partial charge in [0.1, 0.15) is 0 Å². The monoisotopic (exact) mass is 528 g/mol. The third-order valence-corrected chi connectivity index (χ3v) is 7.42. The second kappa shape index (κ2) is 9.65. The standard InChI is InChI=1S/C30H25FN2O6/c31-22-6-1-2-7-23(22)35-15-28(34)33-30(20-9-11-25-27(14-20)39-17-37-25)21-5-3-4-19(29(21)32-33)12-18-8-10-24-26(13-18)38-16-36-24/h1-2,6-14,21,30H,3-5,15-17H2/b19-12+/t21-,30+/m0/s1. The molecular formula is C30H25FN2O6. The van der Waals surface area contributed by atoms with Crippen molar-refractivity contribution < 1.29 is 32.9 Å². The van der Waals surface area contributed by atoms with E-state index < -0.39 is 5.82 Å². The van der Waals surface area contributed by atoms with Gasteiger partial charge in [0.2, 0.25) is 13.6 Å². The van der Waals surface area contributed by atoms with Crippen LogP contribution in [0.3, 0.4) is 0 Å². The van der Waals surface area contributed by atoms with Crippen molar-refractivity contribution >= 4 is 17.7 Å². The van der Waals surface area contributed by atoms with Gasteiger partial charge in [-0.15, -0.1) is 0 Å². The number of amides is 1. The van der Waals surface area contributed by atoms with Crippen molar-refractivity contribution in [3.8, 4) is 28.7 Å². The summed E-state index contributed by atoms with van der Waals surface area (Å²) in [6.07, 6.45) is 4.77. The summed E-state index contributed by atoms with van der Waals surface area (Å²) in [5, 5.41) is 6.37. The molecule has 0 N–H and O–H groups in total. The maximum Gasteiger partial charge on any atom is 0.281 e. The molecule has 0 radical (unpaired) electrons. The number of hydrogen-bond donors (Lipinski definition) is 0. The smallest absolute Gasteiger partial charge is 0.281 e. The van der Waals surface area contributed by atoms with Gasteiger partial charge < -0.3 is 23.7 Å². The molecule has 0 bridgehead atoms. The molecule has 0 spiro atoms. The lowest BCUT2D eigenvalue weighted by atomic mass is 9.77. The van der Waals surface area contributed by atoms with Gasteiger partial charge in [0, 0.05) is 5.92 Å². The molecule has 7 rings (SSSR count). The van der Waals surface area contributed by atoms with Crippen LogP contribution in [0.5, 0.6) is 28.7 Å². The summed E-state index contributed by atoms with van der Waals surface area (Å²) in [5.41, 5.74) is 3.82. The molecule has 3 aromatic carbocycles. The Morgan fingerprint density at radius 1 is 0.974 bits per heavy atom. The molecule has 198 valence electrons. The van der Waals surface area contributed by atoms with Crippen molar-refractivity contribution in [3.63, 3.8) is 0 Å². The van der Waals surface area contributed by atoms with Crippen molar-refractivity contribution in [2.24, 2.45) is 11.0 Å². The summed E-state index contributed by atoms with van der Waals surface area (Å²) in [5.74, 6) is 1.89. The van der Waals surface area contributed by atoms with Crippen LogP contribution < -0.4 is 23.7 Å². The van der Waals surface area contributed by atoms with E-state index in [0.717, 1.165) is 47.4 Å². The number of benzene rings is 3. The van der Waals surface area contributed by atoms with E-state index in [1.54, 1.807) is 12.1 Å². The fraction of sp³-hybridized carbons (Fsp3) is 0.267. The van der Waals surface area contributed by atoms with Crippen molar-refractivity contribution in [2.75, 3.05) is 20.2 Å². The average molecular weight is 529 g/mol. The third kappa shape index (κ3) is 4.33. The Hall–Kier alpha value is -4.53. The fourth-order valence-corrected chi connectivity index (χ4v) is 5.61. The van der Waals surface area contributed by atoms with E-state index in [9.17, 15) is 9.18 Å². The zero-order chi connectivity index (χ0) is 26.3. The van der Waals surface area contributed by atoms with E-state index >= 15 is 0 Å². The van der Waals surface area contributed by atoms with Crippen LogP contribution in [0.2, 0.25) is 0 Å². The first-order valence-electron chi connectivity index (χ1n) is 12.9. The van der Waals surface area contributed by atoms with Crippen molar-refractivity contribution in [3.05, 3.63) is 83.2 Å². The molecule has 3 aromatic rings. The lowest BCUT2D eigenvalue weighted by Crippen LogP contribution is -2.34. The number of para-hydroxylation sites is 1. The highest BCUT2D eigenvalue weighted by Crippen LogP contribution is 2.46. The first-order chi connectivity index (χ1) is 19.1. The minimum absolute atomic E-state index is 0.0169. The van der Waals surface area contributed by atoms with Gasteiger partial charge in [-0.1, -0.05) is 24.3 Å². The number of carbonyl (C=O) groups excluding carboxylic acids is 1. The normalized spacial score (nSPS) is 21.6. The number of fused-ring (bicyclic) bond motifs is 3. The zero-order valence-corrected chi connectivity index (χ0v) is 21.0. The van der Waals surface area contributed by atoms with E-state index in [2.05, 4.69) is 6.08 Å². The lowest BCUT2D eigenvalue weighted by Gasteiger charge is -2.29. The molecule has 0 unspecified atom stereocenters. The quantitative estimate of drug-likeness (QED) is 0.436. The molecule has 0 aromatic heterocycles. The Bertz CT molecular complexity index is 1520. The molecule has 39 heavy (non-hydrogen) atoms. The summed E-state index contributed by atoms with van der Waals surface area (Å²) in [6, 6.07) is 17.2. The van der Waals surface area contributed by atoms with Gasteiger partial charge in [0.05, 0.1) is 11.8 Å². The van der Waals surface area contributed by atoms with Crippen LogP contribution in [-0.4, -0.2) is 36.8 Å². The summed E-state index contributed by atoms with van der Waals surface area (Å²) in [4.78, 5) is 13.5. The molecule has 2 atom stereocenters. The number of carbonyl (C=O) groups is 1. The molecule has 1 aliphatic carbocycles. The SMILES string of the molecule is O=C(COc1ccccc1F)N1N=C2/C(=C/c3ccc4c(c3)OCO4)CCC[C@@H]2[C@H]1c1ccc2c(c1)OCO2. The summed E-state index contributed by atoms with van der Waals surface area (Å²) in [7, 11) is 0. The number of halogens is 1. The van der Waals surface area contributed by atoms with E-state index in [0.29, 0.717) is 17.2 Å². The van der Waals surface area contributed by atoms with Gasteiger partial charge in [-0.05, 0) is 78.4 Å². The van der Waals surface area contributed by atoms with Crippen LogP contribution in [-0.2, 0) is 4.79 Å².